The number of nitrogens with zero attached hydrogens (tertiary/aromatic N) is 3. The fourth-order valence-corrected chi connectivity index (χ4v) is 3.55. The lowest BCUT2D eigenvalue weighted by molar-refractivity contribution is -0.141. The first-order chi connectivity index (χ1) is 12.3. The molecule has 2 heterocycles. The first-order valence-electron chi connectivity index (χ1n) is 7.31. The molecule has 4 rings (SSSR count). The molecule has 4 aromatic rings. The Hall–Kier alpha value is -2.45. The minimum atomic E-state index is -4.60. The molecule has 0 saturated heterocycles. The number of halogens is 5. The molecule has 132 valence electrons. The summed E-state index contributed by atoms with van der Waals surface area (Å²) < 4.78 is 54.5. The highest BCUT2D eigenvalue weighted by atomic mass is 35.5. The van der Waals surface area contributed by atoms with E-state index in [9.17, 15) is 17.6 Å². The predicted molar refractivity (Wildman–Crippen MR) is 92.1 cm³/mol. The molecule has 0 saturated carbocycles. The van der Waals surface area contributed by atoms with Gasteiger partial charge in [0.15, 0.2) is 5.69 Å². The molecule has 0 aliphatic heterocycles. The van der Waals surface area contributed by atoms with E-state index in [2.05, 4.69) is 10.1 Å². The van der Waals surface area contributed by atoms with Gasteiger partial charge in [-0.2, -0.15) is 18.3 Å². The second-order valence-corrected chi connectivity index (χ2v) is 6.89. The van der Waals surface area contributed by atoms with E-state index in [4.69, 9.17) is 11.6 Å². The molecule has 0 unspecified atom stereocenters. The fourth-order valence-electron chi connectivity index (χ4n) is 2.47. The van der Waals surface area contributed by atoms with Crippen LogP contribution in [0.1, 0.15) is 5.69 Å². The van der Waals surface area contributed by atoms with Crippen molar-refractivity contribution in [3.05, 3.63) is 65.1 Å². The van der Waals surface area contributed by atoms with E-state index in [1.807, 2.05) is 0 Å². The molecule has 2 aromatic heterocycles. The Morgan fingerprint density at radius 2 is 1.73 bits per heavy atom. The third kappa shape index (κ3) is 3.06. The Labute approximate surface area is 153 Å². The molecule has 0 spiro atoms. The van der Waals surface area contributed by atoms with Gasteiger partial charge in [-0.05, 0) is 36.4 Å². The predicted octanol–water partition coefficient (Wildman–Crippen LogP) is 5.96. The summed E-state index contributed by atoms with van der Waals surface area (Å²) >= 11 is 6.91. The molecule has 3 nitrogen and oxygen atoms in total. The lowest BCUT2D eigenvalue weighted by Gasteiger charge is -2.04. The van der Waals surface area contributed by atoms with Gasteiger partial charge in [-0.3, -0.25) is 0 Å². The Kier molecular flexibility index (Phi) is 3.96. The smallest absolute Gasteiger partial charge is 0.218 e. The molecule has 0 fully saturated rings. The summed E-state index contributed by atoms with van der Waals surface area (Å²) in [4.78, 5) is 4.28. The zero-order valence-corrected chi connectivity index (χ0v) is 14.3. The molecule has 2 aromatic carbocycles. The van der Waals surface area contributed by atoms with Crippen LogP contribution in [0, 0.1) is 5.82 Å². The van der Waals surface area contributed by atoms with Gasteiger partial charge in [0.25, 0.3) is 0 Å². The summed E-state index contributed by atoms with van der Waals surface area (Å²) in [6, 6.07) is 11.3. The quantitative estimate of drug-likeness (QED) is 0.391. The molecule has 0 atom stereocenters. The van der Waals surface area contributed by atoms with E-state index < -0.39 is 17.7 Å². The van der Waals surface area contributed by atoms with E-state index in [1.54, 1.807) is 24.3 Å². The average molecular weight is 398 g/mol. The lowest BCUT2D eigenvalue weighted by atomic mass is 10.1. The Bertz CT molecular complexity index is 1100. The van der Waals surface area contributed by atoms with Gasteiger partial charge in [0.1, 0.15) is 5.82 Å². The first-order valence-corrected chi connectivity index (χ1v) is 8.50. The maximum absolute atomic E-state index is 13.4. The van der Waals surface area contributed by atoms with E-state index in [0.717, 1.165) is 22.1 Å². The molecular formula is C17H8ClF4N3S. The van der Waals surface area contributed by atoms with Gasteiger partial charge in [-0.1, -0.05) is 35.1 Å². The van der Waals surface area contributed by atoms with Gasteiger partial charge >= 0.3 is 6.18 Å². The number of hydrogen-bond acceptors (Lipinski definition) is 3. The van der Waals surface area contributed by atoms with Crippen LogP contribution in [0.15, 0.2) is 48.5 Å². The average Bonchev–Trinajstić information content (AvgIpc) is 3.18. The molecule has 9 heteroatoms. The van der Waals surface area contributed by atoms with Gasteiger partial charge in [0.2, 0.25) is 5.13 Å². The largest absolute Gasteiger partial charge is 0.435 e. The van der Waals surface area contributed by atoms with Crippen LogP contribution < -0.4 is 0 Å². The number of alkyl halides is 3. The summed E-state index contributed by atoms with van der Waals surface area (Å²) in [5.41, 5.74) is 0.168. The van der Waals surface area contributed by atoms with Crippen molar-refractivity contribution in [1.82, 2.24) is 14.8 Å². The highest BCUT2D eigenvalue weighted by molar-refractivity contribution is 7.20. The van der Waals surface area contributed by atoms with Crippen LogP contribution in [0.2, 0.25) is 5.02 Å². The number of benzene rings is 2. The van der Waals surface area contributed by atoms with Gasteiger partial charge in [-0.25, -0.2) is 14.1 Å². The van der Waals surface area contributed by atoms with Crippen LogP contribution in [-0.4, -0.2) is 14.8 Å². The van der Waals surface area contributed by atoms with Crippen molar-refractivity contribution in [1.29, 1.82) is 0 Å². The lowest BCUT2D eigenvalue weighted by Crippen LogP contribution is -2.07. The zero-order chi connectivity index (χ0) is 18.5. The standard InChI is InChI=1S/C17H8ClF4N3S/c18-10-3-1-9(2-4-10)13-8-15(17(20,21)22)24-25(13)16-23-12-6-5-11(19)7-14(12)26-16/h1-8H. The van der Waals surface area contributed by atoms with Crippen LogP contribution >= 0.6 is 22.9 Å². The van der Waals surface area contributed by atoms with Crippen molar-refractivity contribution in [2.75, 3.05) is 0 Å². The highest BCUT2D eigenvalue weighted by Gasteiger charge is 2.35. The molecule has 0 bridgehead atoms. The number of rotatable bonds is 2. The van der Waals surface area contributed by atoms with Gasteiger partial charge in [0, 0.05) is 10.6 Å². The maximum Gasteiger partial charge on any atom is 0.435 e. The second-order valence-electron chi connectivity index (χ2n) is 5.44. The van der Waals surface area contributed by atoms with Crippen molar-refractivity contribution in [2.24, 2.45) is 0 Å². The molecule has 0 aliphatic carbocycles. The van der Waals surface area contributed by atoms with Gasteiger partial charge in [-0.15, -0.1) is 0 Å². The van der Waals surface area contributed by atoms with E-state index in [1.165, 1.54) is 18.2 Å². The summed E-state index contributed by atoms with van der Waals surface area (Å²) in [5.74, 6) is -0.443. The number of hydrogen-bond donors (Lipinski definition) is 0. The minimum Gasteiger partial charge on any atom is -0.218 e. The first kappa shape index (κ1) is 17.0. The monoisotopic (exact) mass is 397 g/mol. The van der Waals surface area contributed by atoms with E-state index in [-0.39, 0.29) is 10.8 Å². The van der Waals surface area contributed by atoms with Crippen molar-refractivity contribution >= 4 is 33.2 Å². The summed E-state index contributed by atoms with van der Waals surface area (Å²) in [7, 11) is 0. The fraction of sp³-hybridized carbons (Fsp3) is 0.0588. The number of thiazole rings is 1. The number of aromatic nitrogens is 3. The Morgan fingerprint density at radius 3 is 2.42 bits per heavy atom. The second kappa shape index (κ2) is 6.07. The van der Waals surface area contributed by atoms with Crippen LogP contribution in [0.4, 0.5) is 17.6 Å². The van der Waals surface area contributed by atoms with Gasteiger partial charge < -0.3 is 0 Å². The van der Waals surface area contributed by atoms with Crippen LogP contribution in [-0.2, 0) is 6.18 Å². The molecule has 0 amide bonds. The molecule has 0 radical (unpaired) electrons. The van der Waals surface area contributed by atoms with E-state index in [0.29, 0.717) is 20.8 Å². The topological polar surface area (TPSA) is 30.7 Å². The third-order valence-electron chi connectivity index (χ3n) is 3.66. The van der Waals surface area contributed by atoms with Crippen LogP contribution in [0.25, 0.3) is 26.6 Å². The maximum atomic E-state index is 13.4. The van der Waals surface area contributed by atoms with Gasteiger partial charge in [0.05, 0.1) is 15.9 Å². The van der Waals surface area contributed by atoms with Crippen LogP contribution in [0.5, 0.6) is 0 Å². The molecule has 0 aliphatic rings. The zero-order valence-electron chi connectivity index (χ0n) is 12.8. The summed E-state index contributed by atoms with van der Waals surface area (Å²) in [6.07, 6.45) is -4.60. The molecular weight excluding hydrogens is 390 g/mol. The van der Waals surface area contributed by atoms with Crippen LogP contribution in [0.3, 0.4) is 0 Å². The number of fused-ring (bicyclic) bond motifs is 1. The summed E-state index contributed by atoms with van der Waals surface area (Å²) in [5, 5.41) is 4.36. The Balaban J connectivity index is 1.93. The minimum absolute atomic E-state index is 0.214. The third-order valence-corrected chi connectivity index (χ3v) is 4.91. The summed E-state index contributed by atoms with van der Waals surface area (Å²) in [6.45, 7) is 0. The van der Waals surface area contributed by atoms with Crippen molar-refractivity contribution in [3.8, 4) is 16.4 Å². The Morgan fingerprint density at radius 1 is 1.00 bits per heavy atom. The van der Waals surface area contributed by atoms with Crippen molar-refractivity contribution < 1.29 is 17.6 Å². The normalized spacial score (nSPS) is 12.0. The molecule has 26 heavy (non-hydrogen) atoms. The molecule has 0 N–H and O–H groups in total. The SMILES string of the molecule is Fc1ccc2nc(-n3nc(C(F)(F)F)cc3-c3ccc(Cl)cc3)sc2c1. The highest BCUT2D eigenvalue weighted by Crippen LogP contribution is 2.35. The van der Waals surface area contributed by atoms with Crippen molar-refractivity contribution in [2.45, 2.75) is 6.18 Å². The van der Waals surface area contributed by atoms with Crippen molar-refractivity contribution in [3.63, 3.8) is 0 Å². The van der Waals surface area contributed by atoms with E-state index >= 15 is 0 Å².